The van der Waals surface area contributed by atoms with E-state index < -0.39 is 0 Å². The van der Waals surface area contributed by atoms with Crippen molar-refractivity contribution in [2.24, 2.45) is 0 Å². The normalized spacial score (nSPS) is 14.7. The first-order valence-electron chi connectivity index (χ1n) is 9.63. The van der Waals surface area contributed by atoms with E-state index in [4.69, 9.17) is 16.0 Å². The molecule has 0 atom stereocenters. The molecule has 4 rings (SSSR count). The molecule has 30 heavy (non-hydrogen) atoms. The van der Waals surface area contributed by atoms with Crippen molar-refractivity contribution < 1.29 is 9.21 Å². The molecule has 156 valence electrons. The van der Waals surface area contributed by atoms with Crippen molar-refractivity contribution in [1.29, 1.82) is 0 Å². The van der Waals surface area contributed by atoms with Crippen LogP contribution in [-0.2, 0) is 4.79 Å². The molecule has 2 heterocycles. The number of nitrogens with zero attached hydrogens (tertiary/aromatic N) is 4. The second kappa shape index (κ2) is 9.51. The van der Waals surface area contributed by atoms with Crippen LogP contribution in [0.3, 0.4) is 0 Å². The molecule has 9 heteroatoms. The third-order valence-corrected chi connectivity index (χ3v) is 6.00. The first kappa shape index (κ1) is 20.7. The second-order valence-electron chi connectivity index (χ2n) is 7.03. The van der Waals surface area contributed by atoms with Crippen LogP contribution in [0.25, 0.3) is 11.5 Å². The first-order valence-corrected chi connectivity index (χ1v) is 11.0. The molecule has 0 spiro atoms. The maximum absolute atomic E-state index is 12.3. The standard InChI is InChI=1S/C21H22ClN5O2S/c1-26-10-12-27(13-11-26)16-8-6-15(7-9-16)23-19(28)14-30-21-25-24-20(29-21)17-4-2-3-5-18(17)22/h2-9H,10-14H2,1H3,(H,23,28). The van der Waals surface area contributed by atoms with Gasteiger partial charge < -0.3 is 19.5 Å². The summed E-state index contributed by atoms with van der Waals surface area (Å²) >= 11 is 7.34. The number of rotatable bonds is 6. The number of amides is 1. The van der Waals surface area contributed by atoms with Crippen LogP contribution in [0.5, 0.6) is 0 Å². The Bertz CT molecular complexity index is 1000. The number of thioether (sulfide) groups is 1. The predicted octanol–water partition coefficient (Wildman–Crippen LogP) is 3.87. The summed E-state index contributed by atoms with van der Waals surface area (Å²) in [6.45, 7) is 4.14. The second-order valence-corrected chi connectivity index (χ2v) is 8.36. The molecular formula is C21H22ClN5O2S. The molecule has 7 nitrogen and oxygen atoms in total. The summed E-state index contributed by atoms with van der Waals surface area (Å²) in [5.41, 5.74) is 2.61. The summed E-state index contributed by atoms with van der Waals surface area (Å²) in [4.78, 5) is 17.0. The lowest BCUT2D eigenvalue weighted by Crippen LogP contribution is -2.44. The molecule has 1 fully saturated rings. The number of hydrogen-bond acceptors (Lipinski definition) is 7. The Balaban J connectivity index is 1.28. The third kappa shape index (κ3) is 5.13. The molecule has 1 aliphatic rings. The van der Waals surface area contributed by atoms with Gasteiger partial charge in [-0.25, -0.2) is 0 Å². The Labute approximate surface area is 184 Å². The van der Waals surface area contributed by atoms with Crippen LogP contribution in [0, 0.1) is 0 Å². The number of hydrogen-bond donors (Lipinski definition) is 1. The smallest absolute Gasteiger partial charge is 0.277 e. The summed E-state index contributed by atoms with van der Waals surface area (Å²) in [7, 11) is 2.14. The van der Waals surface area contributed by atoms with Crippen LogP contribution in [-0.4, -0.2) is 60.0 Å². The minimum absolute atomic E-state index is 0.134. The molecular weight excluding hydrogens is 422 g/mol. The van der Waals surface area contributed by atoms with E-state index in [1.807, 2.05) is 42.5 Å². The summed E-state index contributed by atoms with van der Waals surface area (Å²) in [6.07, 6.45) is 0. The van der Waals surface area contributed by atoms with Crippen molar-refractivity contribution in [2.45, 2.75) is 5.22 Å². The van der Waals surface area contributed by atoms with E-state index >= 15 is 0 Å². The Kier molecular flexibility index (Phi) is 6.56. The maximum atomic E-state index is 12.3. The third-order valence-electron chi connectivity index (χ3n) is 4.86. The van der Waals surface area contributed by atoms with Crippen LogP contribution >= 0.6 is 23.4 Å². The minimum atomic E-state index is -0.134. The van der Waals surface area contributed by atoms with E-state index in [-0.39, 0.29) is 11.7 Å². The van der Waals surface area contributed by atoms with Crippen LogP contribution in [0.1, 0.15) is 0 Å². The number of anilines is 2. The molecule has 1 aromatic heterocycles. The fourth-order valence-corrected chi connectivity index (χ4v) is 3.94. The van der Waals surface area contributed by atoms with Gasteiger partial charge in [0.05, 0.1) is 16.3 Å². The fourth-order valence-electron chi connectivity index (χ4n) is 3.16. The highest BCUT2D eigenvalue weighted by atomic mass is 35.5. The van der Waals surface area contributed by atoms with Crippen molar-refractivity contribution in [3.05, 3.63) is 53.6 Å². The number of carbonyl (C=O) groups is 1. The lowest BCUT2D eigenvalue weighted by atomic mass is 10.2. The van der Waals surface area contributed by atoms with Gasteiger partial charge in [-0.2, -0.15) is 0 Å². The Hall–Kier alpha value is -2.55. The predicted molar refractivity (Wildman–Crippen MR) is 120 cm³/mol. The molecule has 1 amide bonds. The highest BCUT2D eigenvalue weighted by molar-refractivity contribution is 7.99. The van der Waals surface area contributed by atoms with Gasteiger partial charge in [0.1, 0.15) is 0 Å². The molecule has 0 unspecified atom stereocenters. The first-order chi connectivity index (χ1) is 14.6. The Morgan fingerprint density at radius 2 is 1.83 bits per heavy atom. The maximum Gasteiger partial charge on any atom is 0.277 e. The largest absolute Gasteiger partial charge is 0.411 e. The molecule has 1 saturated heterocycles. The van der Waals surface area contributed by atoms with Crippen LogP contribution in [0.2, 0.25) is 5.02 Å². The summed E-state index contributed by atoms with van der Waals surface area (Å²) in [6, 6.07) is 15.2. The number of aromatic nitrogens is 2. The van der Waals surface area contributed by atoms with Gasteiger partial charge in [-0.15, -0.1) is 10.2 Å². The highest BCUT2D eigenvalue weighted by Crippen LogP contribution is 2.28. The van der Waals surface area contributed by atoms with Gasteiger partial charge >= 0.3 is 0 Å². The zero-order chi connectivity index (χ0) is 20.9. The average molecular weight is 444 g/mol. The van der Waals surface area contributed by atoms with Crippen molar-refractivity contribution >= 4 is 40.6 Å². The van der Waals surface area contributed by atoms with Gasteiger partial charge in [0, 0.05) is 37.6 Å². The van der Waals surface area contributed by atoms with E-state index in [1.54, 1.807) is 6.07 Å². The van der Waals surface area contributed by atoms with E-state index in [0.29, 0.717) is 21.7 Å². The average Bonchev–Trinajstić information content (AvgIpc) is 3.23. The SMILES string of the molecule is CN1CCN(c2ccc(NC(=O)CSc3nnc(-c4ccccc4Cl)o3)cc2)CC1. The van der Waals surface area contributed by atoms with Gasteiger partial charge in [-0.05, 0) is 43.4 Å². The van der Waals surface area contributed by atoms with Crippen LogP contribution in [0.15, 0.2) is 58.2 Å². The Morgan fingerprint density at radius 3 is 2.57 bits per heavy atom. The van der Waals surface area contributed by atoms with Gasteiger partial charge in [-0.3, -0.25) is 4.79 Å². The number of likely N-dealkylation sites (N-methyl/N-ethyl adjacent to an activating group) is 1. The number of piperazine rings is 1. The molecule has 0 bridgehead atoms. The summed E-state index contributed by atoms with van der Waals surface area (Å²) in [5, 5.41) is 11.7. The molecule has 2 aromatic carbocycles. The molecule has 0 aliphatic carbocycles. The number of benzene rings is 2. The molecule has 0 radical (unpaired) electrons. The zero-order valence-corrected chi connectivity index (χ0v) is 18.1. The fraction of sp³-hybridized carbons (Fsp3) is 0.286. The van der Waals surface area contributed by atoms with Crippen molar-refractivity contribution in [3.63, 3.8) is 0 Å². The Morgan fingerprint density at radius 1 is 1.10 bits per heavy atom. The van der Waals surface area contributed by atoms with Gasteiger partial charge in [0.15, 0.2) is 0 Å². The van der Waals surface area contributed by atoms with Crippen LogP contribution in [0.4, 0.5) is 11.4 Å². The highest BCUT2D eigenvalue weighted by Gasteiger charge is 2.15. The van der Waals surface area contributed by atoms with Crippen molar-refractivity contribution in [2.75, 3.05) is 49.2 Å². The molecule has 1 N–H and O–H groups in total. The van der Waals surface area contributed by atoms with Crippen molar-refractivity contribution in [3.8, 4) is 11.5 Å². The van der Waals surface area contributed by atoms with E-state index in [1.165, 1.54) is 17.4 Å². The van der Waals surface area contributed by atoms with E-state index in [9.17, 15) is 4.79 Å². The van der Waals surface area contributed by atoms with Crippen molar-refractivity contribution in [1.82, 2.24) is 15.1 Å². The minimum Gasteiger partial charge on any atom is -0.411 e. The summed E-state index contributed by atoms with van der Waals surface area (Å²) in [5.74, 6) is 0.373. The molecule has 1 aliphatic heterocycles. The number of carbonyl (C=O) groups excluding carboxylic acids is 1. The molecule has 0 saturated carbocycles. The zero-order valence-electron chi connectivity index (χ0n) is 16.5. The van der Waals surface area contributed by atoms with Crippen LogP contribution < -0.4 is 10.2 Å². The number of nitrogens with one attached hydrogen (secondary N) is 1. The topological polar surface area (TPSA) is 74.5 Å². The lowest BCUT2D eigenvalue weighted by Gasteiger charge is -2.34. The number of halogens is 1. The van der Waals surface area contributed by atoms with Gasteiger partial charge in [0.25, 0.3) is 5.22 Å². The monoisotopic (exact) mass is 443 g/mol. The van der Waals surface area contributed by atoms with E-state index in [2.05, 4.69) is 32.4 Å². The lowest BCUT2D eigenvalue weighted by molar-refractivity contribution is -0.113. The van der Waals surface area contributed by atoms with Gasteiger partial charge in [0.2, 0.25) is 11.8 Å². The summed E-state index contributed by atoms with van der Waals surface area (Å²) < 4.78 is 5.61. The van der Waals surface area contributed by atoms with Gasteiger partial charge in [-0.1, -0.05) is 35.5 Å². The van der Waals surface area contributed by atoms with E-state index in [0.717, 1.165) is 31.9 Å². The quantitative estimate of drug-likeness (QED) is 0.579. The molecule has 3 aromatic rings.